The highest BCUT2D eigenvalue weighted by Crippen LogP contribution is 2.24. The molecule has 0 bridgehead atoms. The largest absolute Gasteiger partial charge is 0.304 e. The standard InChI is InChI=1S/C13H20N4S/c1-4-5-14-12(13-15-6-7-18-13)11-8-16-17(9-11)10(2)3/h6-10,12,14H,4-5H2,1-3H3. The van der Waals surface area contributed by atoms with E-state index in [1.807, 2.05) is 22.5 Å². The number of aromatic nitrogens is 3. The zero-order chi connectivity index (χ0) is 13.0. The van der Waals surface area contributed by atoms with Crippen molar-refractivity contribution in [3.05, 3.63) is 34.5 Å². The topological polar surface area (TPSA) is 42.7 Å². The number of nitrogens with zero attached hydrogens (tertiary/aromatic N) is 3. The van der Waals surface area contributed by atoms with Crippen LogP contribution in [0.2, 0.25) is 0 Å². The van der Waals surface area contributed by atoms with Crippen molar-refractivity contribution >= 4 is 11.3 Å². The fourth-order valence-electron chi connectivity index (χ4n) is 1.80. The van der Waals surface area contributed by atoms with Crippen molar-refractivity contribution < 1.29 is 0 Å². The van der Waals surface area contributed by atoms with Gasteiger partial charge in [-0.1, -0.05) is 6.92 Å². The first-order chi connectivity index (χ1) is 8.72. The van der Waals surface area contributed by atoms with Gasteiger partial charge in [0.05, 0.1) is 12.2 Å². The molecule has 1 unspecified atom stereocenters. The molecular formula is C13H20N4S. The van der Waals surface area contributed by atoms with Crippen molar-refractivity contribution in [3.63, 3.8) is 0 Å². The lowest BCUT2D eigenvalue weighted by Gasteiger charge is -2.14. The molecule has 2 aromatic rings. The van der Waals surface area contributed by atoms with Crippen LogP contribution in [-0.4, -0.2) is 21.3 Å². The molecule has 1 atom stereocenters. The third-order valence-electron chi connectivity index (χ3n) is 2.78. The summed E-state index contributed by atoms with van der Waals surface area (Å²) >= 11 is 1.68. The van der Waals surface area contributed by atoms with Gasteiger partial charge in [-0.3, -0.25) is 4.68 Å². The van der Waals surface area contributed by atoms with Crippen LogP contribution in [0.3, 0.4) is 0 Å². The molecule has 98 valence electrons. The summed E-state index contributed by atoms with van der Waals surface area (Å²) in [5.41, 5.74) is 1.19. The van der Waals surface area contributed by atoms with Crippen LogP contribution in [0.4, 0.5) is 0 Å². The van der Waals surface area contributed by atoms with Crippen LogP contribution >= 0.6 is 11.3 Å². The third-order valence-corrected chi connectivity index (χ3v) is 3.62. The minimum absolute atomic E-state index is 0.164. The van der Waals surface area contributed by atoms with Crippen LogP contribution < -0.4 is 5.32 Å². The van der Waals surface area contributed by atoms with Crippen LogP contribution in [0.5, 0.6) is 0 Å². The Morgan fingerprint density at radius 2 is 2.28 bits per heavy atom. The predicted octanol–water partition coefficient (Wildman–Crippen LogP) is 3.01. The zero-order valence-corrected chi connectivity index (χ0v) is 11.9. The van der Waals surface area contributed by atoms with E-state index >= 15 is 0 Å². The summed E-state index contributed by atoms with van der Waals surface area (Å²) in [7, 11) is 0. The van der Waals surface area contributed by atoms with Crippen LogP contribution in [-0.2, 0) is 0 Å². The second kappa shape index (κ2) is 6.11. The molecule has 4 nitrogen and oxygen atoms in total. The van der Waals surface area contributed by atoms with Gasteiger partial charge in [-0.15, -0.1) is 11.3 Å². The first-order valence-corrected chi connectivity index (χ1v) is 7.27. The lowest BCUT2D eigenvalue weighted by molar-refractivity contribution is 0.530. The smallest absolute Gasteiger partial charge is 0.114 e. The van der Waals surface area contributed by atoms with Gasteiger partial charge < -0.3 is 5.32 Å². The van der Waals surface area contributed by atoms with Crippen molar-refractivity contribution in [2.75, 3.05) is 6.54 Å². The zero-order valence-electron chi connectivity index (χ0n) is 11.1. The van der Waals surface area contributed by atoms with E-state index in [4.69, 9.17) is 0 Å². The Labute approximate surface area is 112 Å². The van der Waals surface area contributed by atoms with Crippen molar-refractivity contribution in [2.24, 2.45) is 0 Å². The second-order valence-electron chi connectivity index (χ2n) is 4.60. The third kappa shape index (κ3) is 2.97. The molecule has 0 spiro atoms. The quantitative estimate of drug-likeness (QED) is 0.872. The first-order valence-electron chi connectivity index (χ1n) is 6.39. The van der Waals surface area contributed by atoms with E-state index in [0.29, 0.717) is 6.04 Å². The molecule has 0 aliphatic heterocycles. The Morgan fingerprint density at radius 1 is 1.44 bits per heavy atom. The van der Waals surface area contributed by atoms with Crippen LogP contribution in [0, 0.1) is 0 Å². The van der Waals surface area contributed by atoms with Gasteiger partial charge in [0.25, 0.3) is 0 Å². The van der Waals surface area contributed by atoms with Gasteiger partial charge in [0, 0.05) is 29.4 Å². The average molecular weight is 264 g/mol. The Bertz CT molecular complexity index is 461. The summed E-state index contributed by atoms with van der Waals surface area (Å²) in [4.78, 5) is 4.42. The predicted molar refractivity (Wildman–Crippen MR) is 74.9 cm³/mol. The highest BCUT2D eigenvalue weighted by molar-refractivity contribution is 7.09. The SMILES string of the molecule is CCCNC(c1cnn(C(C)C)c1)c1nccs1. The fraction of sp³-hybridized carbons (Fsp3) is 0.538. The van der Waals surface area contributed by atoms with Crippen LogP contribution in [0.15, 0.2) is 24.0 Å². The molecule has 0 saturated heterocycles. The Kier molecular flexibility index (Phi) is 4.49. The van der Waals surface area contributed by atoms with Gasteiger partial charge in [-0.05, 0) is 26.8 Å². The fourth-order valence-corrected chi connectivity index (χ4v) is 2.54. The molecular weight excluding hydrogens is 244 g/mol. The van der Waals surface area contributed by atoms with Gasteiger partial charge in [0.1, 0.15) is 5.01 Å². The summed E-state index contributed by atoms with van der Waals surface area (Å²) in [5, 5.41) is 11.1. The maximum Gasteiger partial charge on any atom is 0.114 e. The number of hydrogen-bond donors (Lipinski definition) is 1. The highest BCUT2D eigenvalue weighted by atomic mass is 32.1. The molecule has 0 amide bonds. The molecule has 2 aromatic heterocycles. The molecule has 0 radical (unpaired) electrons. The summed E-state index contributed by atoms with van der Waals surface area (Å²) in [6.45, 7) is 7.42. The van der Waals surface area contributed by atoms with Gasteiger partial charge in [-0.25, -0.2) is 4.98 Å². The molecule has 0 aliphatic carbocycles. The maximum atomic E-state index is 4.42. The van der Waals surface area contributed by atoms with E-state index in [9.17, 15) is 0 Å². The van der Waals surface area contributed by atoms with Crippen molar-refractivity contribution in [1.82, 2.24) is 20.1 Å². The monoisotopic (exact) mass is 264 g/mol. The van der Waals surface area contributed by atoms with Gasteiger partial charge >= 0.3 is 0 Å². The Hall–Kier alpha value is -1.20. The first kappa shape index (κ1) is 13.2. The second-order valence-corrected chi connectivity index (χ2v) is 5.53. The lowest BCUT2D eigenvalue weighted by atomic mass is 10.1. The normalized spacial score (nSPS) is 13.1. The minimum Gasteiger partial charge on any atom is -0.304 e. The lowest BCUT2D eigenvalue weighted by Crippen LogP contribution is -2.22. The van der Waals surface area contributed by atoms with E-state index in [1.165, 1.54) is 5.56 Å². The Morgan fingerprint density at radius 3 is 2.83 bits per heavy atom. The Balaban J connectivity index is 2.22. The van der Waals surface area contributed by atoms with Crippen LogP contribution in [0.25, 0.3) is 0 Å². The molecule has 5 heteroatoms. The van der Waals surface area contributed by atoms with E-state index < -0.39 is 0 Å². The average Bonchev–Trinajstić information content (AvgIpc) is 3.00. The molecule has 0 saturated carbocycles. The number of nitrogens with one attached hydrogen (secondary N) is 1. The van der Waals surface area contributed by atoms with Gasteiger partial charge in [0.15, 0.2) is 0 Å². The molecule has 0 aliphatic rings. The van der Waals surface area contributed by atoms with E-state index in [0.717, 1.165) is 18.0 Å². The molecule has 2 heterocycles. The van der Waals surface area contributed by atoms with Gasteiger partial charge in [-0.2, -0.15) is 5.10 Å². The van der Waals surface area contributed by atoms with Gasteiger partial charge in [0.2, 0.25) is 0 Å². The minimum atomic E-state index is 0.164. The van der Waals surface area contributed by atoms with E-state index in [-0.39, 0.29) is 6.04 Å². The van der Waals surface area contributed by atoms with Crippen LogP contribution in [0.1, 0.15) is 49.8 Å². The summed E-state index contributed by atoms with van der Waals surface area (Å²) in [6, 6.07) is 0.555. The van der Waals surface area contributed by atoms with Crippen molar-refractivity contribution in [2.45, 2.75) is 39.3 Å². The molecule has 18 heavy (non-hydrogen) atoms. The molecule has 1 N–H and O–H groups in total. The summed E-state index contributed by atoms with van der Waals surface area (Å²) in [5.74, 6) is 0. The number of thiazole rings is 1. The highest BCUT2D eigenvalue weighted by Gasteiger charge is 2.18. The van der Waals surface area contributed by atoms with E-state index in [1.54, 1.807) is 11.3 Å². The molecule has 2 rings (SSSR count). The van der Waals surface area contributed by atoms with Crippen molar-refractivity contribution in [3.8, 4) is 0 Å². The van der Waals surface area contributed by atoms with E-state index in [2.05, 4.69) is 42.4 Å². The molecule has 0 fully saturated rings. The summed E-state index contributed by atoms with van der Waals surface area (Å²) in [6.07, 6.45) is 7.02. The van der Waals surface area contributed by atoms with Crippen molar-refractivity contribution in [1.29, 1.82) is 0 Å². The maximum absolute atomic E-state index is 4.42. The molecule has 0 aromatic carbocycles. The summed E-state index contributed by atoms with van der Waals surface area (Å²) < 4.78 is 1.99. The number of hydrogen-bond acceptors (Lipinski definition) is 4. The number of rotatable bonds is 6.